The number of aryl methyl sites for hydroxylation is 1. The van der Waals surface area contributed by atoms with Gasteiger partial charge in [-0.3, -0.25) is 9.67 Å². The predicted octanol–water partition coefficient (Wildman–Crippen LogP) is 5.10. The number of pyridine rings is 1. The smallest absolute Gasteiger partial charge is 0.0983 e. The van der Waals surface area contributed by atoms with Crippen molar-refractivity contribution in [3.63, 3.8) is 0 Å². The van der Waals surface area contributed by atoms with E-state index < -0.39 is 0 Å². The molecule has 0 saturated heterocycles. The Hall–Kier alpha value is -3.24. The van der Waals surface area contributed by atoms with Gasteiger partial charge in [-0.2, -0.15) is 5.10 Å². The van der Waals surface area contributed by atoms with E-state index in [2.05, 4.69) is 84.1 Å². The van der Waals surface area contributed by atoms with Crippen LogP contribution in [0.4, 0.5) is 0 Å². The molecule has 1 N–H and O–H groups in total. The monoisotopic (exact) mass is 396 g/mol. The molecule has 0 aliphatic heterocycles. The molecule has 2 aromatic carbocycles. The molecule has 0 radical (unpaired) electrons. The number of nitrogens with one attached hydrogen (secondary N) is 1. The Morgan fingerprint density at radius 2 is 1.63 bits per heavy atom. The Kier molecular flexibility index (Phi) is 6.68. The second kappa shape index (κ2) is 9.99. The lowest BCUT2D eigenvalue weighted by Gasteiger charge is -2.13. The maximum absolute atomic E-state index is 4.88. The third-order valence-corrected chi connectivity index (χ3v) is 5.31. The zero-order chi connectivity index (χ0) is 20.6. The van der Waals surface area contributed by atoms with Gasteiger partial charge < -0.3 is 5.32 Å². The van der Waals surface area contributed by atoms with E-state index in [4.69, 9.17) is 5.10 Å². The van der Waals surface area contributed by atoms with Crippen LogP contribution in [-0.2, 0) is 19.5 Å². The van der Waals surface area contributed by atoms with E-state index in [1.807, 2.05) is 23.0 Å². The third kappa shape index (κ3) is 5.43. The molecule has 0 unspecified atom stereocenters. The second-order valence-electron chi connectivity index (χ2n) is 7.73. The molecule has 4 nitrogen and oxygen atoms in total. The molecule has 0 aliphatic rings. The average Bonchev–Trinajstić information content (AvgIpc) is 3.21. The Morgan fingerprint density at radius 3 is 2.33 bits per heavy atom. The standard InChI is InChI=1S/C26H28N4/c1-21(14-15-22-9-4-2-5-10-22)28-18-25-20-30(19-23-11-6-3-7-12-23)29-26(25)24-13-8-16-27-17-24/h2-13,16-17,20-21,28H,14-15,18-19H2,1H3/t21-/m1/s1. The molecule has 0 bridgehead atoms. The summed E-state index contributed by atoms with van der Waals surface area (Å²) in [5.74, 6) is 0. The van der Waals surface area contributed by atoms with Crippen molar-refractivity contribution in [1.29, 1.82) is 0 Å². The number of hydrogen-bond donors (Lipinski definition) is 1. The van der Waals surface area contributed by atoms with Crippen LogP contribution < -0.4 is 5.32 Å². The first-order valence-electron chi connectivity index (χ1n) is 10.6. The van der Waals surface area contributed by atoms with Crippen LogP contribution in [0.2, 0.25) is 0 Å². The van der Waals surface area contributed by atoms with Gasteiger partial charge >= 0.3 is 0 Å². The summed E-state index contributed by atoms with van der Waals surface area (Å²) in [6.07, 6.45) is 8.03. The summed E-state index contributed by atoms with van der Waals surface area (Å²) in [7, 11) is 0. The Labute approximate surface area is 178 Å². The summed E-state index contributed by atoms with van der Waals surface area (Å²) < 4.78 is 2.03. The first-order valence-corrected chi connectivity index (χ1v) is 10.6. The van der Waals surface area contributed by atoms with Crippen LogP contribution in [0.3, 0.4) is 0 Å². The van der Waals surface area contributed by atoms with Crippen LogP contribution in [0.1, 0.15) is 30.0 Å². The first-order chi connectivity index (χ1) is 14.8. The van der Waals surface area contributed by atoms with Gasteiger partial charge in [0.2, 0.25) is 0 Å². The van der Waals surface area contributed by atoms with E-state index >= 15 is 0 Å². The maximum Gasteiger partial charge on any atom is 0.0983 e. The van der Waals surface area contributed by atoms with Crippen LogP contribution in [-0.4, -0.2) is 20.8 Å². The molecule has 0 fully saturated rings. The lowest BCUT2D eigenvalue weighted by Crippen LogP contribution is -2.26. The Morgan fingerprint density at radius 1 is 0.900 bits per heavy atom. The molecule has 30 heavy (non-hydrogen) atoms. The highest BCUT2D eigenvalue weighted by Crippen LogP contribution is 2.22. The largest absolute Gasteiger partial charge is 0.310 e. The second-order valence-corrected chi connectivity index (χ2v) is 7.73. The highest BCUT2D eigenvalue weighted by Gasteiger charge is 2.13. The van der Waals surface area contributed by atoms with Crippen LogP contribution in [0.25, 0.3) is 11.3 Å². The molecule has 0 aliphatic carbocycles. The summed E-state index contributed by atoms with van der Waals surface area (Å²) in [4.78, 5) is 4.28. The van der Waals surface area contributed by atoms with Gasteiger partial charge in [0.15, 0.2) is 0 Å². The minimum Gasteiger partial charge on any atom is -0.310 e. The van der Waals surface area contributed by atoms with Crippen LogP contribution >= 0.6 is 0 Å². The Balaban J connectivity index is 1.45. The van der Waals surface area contributed by atoms with Gasteiger partial charge in [0, 0.05) is 42.3 Å². The van der Waals surface area contributed by atoms with Crippen LogP contribution in [0, 0.1) is 0 Å². The normalized spacial score (nSPS) is 12.0. The van der Waals surface area contributed by atoms with Gasteiger partial charge in [0.25, 0.3) is 0 Å². The lowest BCUT2D eigenvalue weighted by atomic mass is 10.1. The van der Waals surface area contributed by atoms with Crippen LogP contribution in [0.15, 0.2) is 91.4 Å². The first kappa shape index (κ1) is 20.0. The van der Waals surface area contributed by atoms with Crippen molar-refractivity contribution in [3.8, 4) is 11.3 Å². The van der Waals surface area contributed by atoms with Gasteiger partial charge in [0.05, 0.1) is 12.2 Å². The molecular weight excluding hydrogens is 368 g/mol. The summed E-state index contributed by atoms with van der Waals surface area (Å²) in [5, 5.41) is 8.57. The van der Waals surface area contributed by atoms with Crippen molar-refractivity contribution < 1.29 is 0 Å². The fourth-order valence-corrected chi connectivity index (χ4v) is 3.60. The molecule has 0 saturated carbocycles. The number of benzene rings is 2. The van der Waals surface area contributed by atoms with Crippen molar-refractivity contribution in [2.24, 2.45) is 0 Å². The minimum absolute atomic E-state index is 0.421. The fraction of sp³-hybridized carbons (Fsp3) is 0.231. The lowest BCUT2D eigenvalue weighted by molar-refractivity contribution is 0.514. The van der Waals surface area contributed by atoms with E-state index in [1.54, 1.807) is 6.20 Å². The predicted molar refractivity (Wildman–Crippen MR) is 122 cm³/mol. The van der Waals surface area contributed by atoms with Crippen molar-refractivity contribution in [2.45, 2.75) is 38.9 Å². The molecule has 2 heterocycles. The van der Waals surface area contributed by atoms with E-state index in [0.717, 1.165) is 37.2 Å². The van der Waals surface area contributed by atoms with Gasteiger partial charge in [-0.1, -0.05) is 60.7 Å². The molecule has 4 rings (SSSR count). The molecular formula is C26H28N4. The van der Waals surface area contributed by atoms with Gasteiger partial charge in [-0.15, -0.1) is 0 Å². The summed E-state index contributed by atoms with van der Waals surface area (Å²) in [6, 6.07) is 25.6. The number of rotatable bonds is 9. The zero-order valence-electron chi connectivity index (χ0n) is 17.4. The molecule has 4 heteroatoms. The number of hydrogen-bond acceptors (Lipinski definition) is 3. The SMILES string of the molecule is C[C@H](CCc1ccccc1)NCc1cn(Cc2ccccc2)nc1-c1cccnc1. The summed E-state index contributed by atoms with van der Waals surface area (Å²) in [5.41, 5.74) is 5.89. The average molecular weight is 397 g/mol. The number of aromatic nitrogens is 3. The molecule has 0 spiro atoms. The number of nitrogens with zero attached hydrogens (tertiary/aromatic N) is 3. The molecule has 0 amide bonds. The van der Waals surface area contributed by atoms with Crippen molar-refractivity contribution in [1.82, 2.24) is 20.1 Å². The molecule has 152 valence electrons. The van der Waals surface area contributed by atoms with Gasteiger partial charge in [0.1, 0.15) is 0 Å². The van der Waals surface area contributed by atoms with Crippen molar-refractivity contribution >= 4 is 0 Å². The van der Waals surface area contributed by atoms with E-state index in [1.165, 1.54) is 16.7 Å². The van der Waals surface area contributed by atoms with E-state index in [0.29, 0.717) is 6.04 Å². The third-order valence-electron chi connectivity index (χ3n) is 5.31. The topological polar surface area (TPSA) is 42.7 Å². The molecule has 4 aromatic rings. The van der Waals surface area contributed by atoms with E-state index in [-0.39, 0.29) is 0 Å². The molecule has 1 atom stereocenters. The fourth-order valence-electron chi connectivity index (χ4n) is 3.60. The van der Waals surface area contributed by atoms with Gasteiger partial charge in [-0.25, -0.2) is 0 Å². The quantitative estimate of drug-likeness (QED) is 0.428. The van der Waals surface area contributed by atoms with Crippen molar-refractivity contribution in [3.05, 3.63) is 108 Å². The Bertz CT molecular complexity index is 1030. The highest BCUT2D eigenvalue weighted by atomic mass is 15.3. The van der Waals surface area contributed by atoms with Crippen LogP contribution in [0.5, 0.6) is 0 Å². The summed E-state index contributed by atoms with van der Waals surface area (Å²) in [6.45, 7) is 3.80. The summed E-state index contributed by atoms with van der Waals surface area (Å²) >= 11 is 0. The molecule has 2 aromatic heterocycles. The van der Waals surface area contributed by atoms with Crippen molar-refractivity contribution in [2.75, 3.05) is 0 Å². The van der Waals surface area contributed by atoms with Gasteiger partial charge in [-0.05, 0) is 43.0 Å². The zero-order valence-corrected chi connectivity index (χ0v) is 17.4. The highest BCUT2D eigenvalue weighted by molar-refractivity contribution is 5.61. The maximum atomic E-state index is 4.88. The minimum atomic E-state index is 0.421. The van der Waals surface area contributed by atoms with E-state index in [9.17, 15) is 0 Å².